The van der Waals surface area contributed by atoms with E-state index in [1.807, 2.05) is 24.3 Å². The lowest BCUT2D eigenvalue weighted by Gasteiger charge is -2.28. The van der Waals surface area contributed by atoms with Crippen LogP contribution in [0.4, 0.5) is 0 Å². The minimum Gasteiger partial charge on any atom is -0.481 e. The number of carboxylic acids is 1. The zero-order valence-electron chi connectivity index (χ0n) is 11.8. The van der Waals surface area contributed by atoms with Gasteiger partial charge in [0, 0.05) is 23.5 Å². The summed E-state index contributed by atoms with van der Waals surface area (Å²) < 4.78 is 5.54. The number of nitrogens with one attached hydrogen (secondary N) is 1. The smallest absolute Gasteiger partial charge is 0.308 e. The van der Waals surface area contributed by atoms with Crippen molar-refractivity contribution in [2.75, 3.05) is 0 Å². The molecule has 1 heterocycles. The van der Waals surface area contributed by atoms with Crippen LogP contribution in [0.5, 0.6) is 0 Å². The molecule has 2 aliphatic carbocycles. The molecule has 1 aromatic carbocycles. The second kappa shape index (κ2) is 4.88. The lowest BCUT2D eigenvalue weighted by atomic mass is 9.84. The number of fused-ring (bicyclic) bond motifs is 3. The van der Waals surface area contributed by atoms with Crippen molar-refractivity contribution in [1.82, 2.24) is 5.32 Å². The van der Waals surface area contributed by atoms with Crippen molar-refractivity contribution in [3.63, 3.8) is 0 Å². The third-order valence-electron chi connectivity index (χ3n) is 5.29. The van der Waals surface area contributed by atoms with Gasteiger partial charge >= 0.3 is 5.97 Å². The van der Waals surface area contributed by atoms with E-state index in [4.69, 9.17) is 4.42 Å². The summed E-state index contributed by atoms with van der Waals surface area (Å²) in [7, 11) is 0. The van der Waals surface area contributed by atoms with E-state index >= 15 is 0 Å². The second-order valence-corrected chi connectivity index (χ2v) is 6.36. The van der Waals surface area contributed by atoms with Gasteiger partial charge in [-0.05, 0) is 37.2 Å². The van der Waals surface area contributed by atoms with E-state index in [0.717, 1.165) is 35.8 Å². The predicted molar refractivity (Wildman–Crippen MR) is 78.8 cm³/mol. The van der Waals surface area contributed by atoms with E-state index in [1.165, 1.54) is 0 Å². The number of hydrogen-bond acceptors (Lipinski definition) is 3. The summed E-state index contributed by atoms with van der Waals surface area (Å²) in [6, 6.07) is 8.06. The van der Waals surface area contributed by atoms with Gasteiger partial charge in [-0.3, -0.25) is 4.79 Å². The summed E-state index contributed by atoms with van der Waals surface area (Å²) in [6.45, 7) is 0.675. The number of benzene rings is 1. The Morgan fingerprint density at radius 2 is 2.10 bits per heavy atom. The molecule has 2 N–H and O–H groups in total. The highest BCUT2D eigenvalue weighted by Gasteiger charge is 2.50. The highest BCUT2D eigenvalue weighted by Crippen LogP contribution is 2.48. The second-order valence-electron chi connectivity index (χ2n) is 6.36. The first kappa shape index (κ1) is 12.9. The number of carboxylic acid groups (broad SMARTS) is 1. The minimum atomic E-state index is -0.642. The normalized spacial score (nSPS) is 31.0. The summed E-state index contributed by atoms with van der Waals surface area (Å²) in [5.74, 6) is 0.0269. The molecule has 4 rings (SSSR count). The standard InChI is InChI=1S/C17H19NO3/c19-17(20)15-10-5-6-11(7-10)16(15)18-8-12-9-21-14-4-2-1-3-13(12)14/h1-4,9-11,15-16,18H,5-8H2,(H,19,20). The lowest BCUT2D eigenvalue weighted by molar-refractivity contribution is -0.144. The molecule has 2 aromatic rings. The molecule has 2 saturated carbocycles. The van der Waals surface area contributed by atoms with E-state index in [2.05, 4.69) is 5.32 Å². The van der Waals surface area contributed by atoms with Crippen LogP contribution in [-0.4, -0.2) is 17.1 Å². The minimum absolute atomic E-state index is 0.106. The average Bonchev–Trinajstić information content (AvgIpc) is 3.18. The average molecular weight is 285 g/mol. The molecule has 0 amide bonds. The number of para-hydroxylation sites is 1. The molecule has 21 heavy (non-hydrogen) atoms. The van der Waals surface area contributed by atoms with Crippen molar-refractivity contribution in [3.8, 4) is 0 Å². The maximum Gasteiger partial charge on any atom is 0.308 e. The van der Waals surface area contributed by atoms with Gasteiger partial charge in [-0.2, -0.15) is 0 Å². The highest BCUT2D eigenvalue weighted by atomic mass is 16.4. The molecule has 0 saturated heterocycles. The van der Waals surface area contributed by atoms with Crippen LogP contribution in [0.15, 0.2) is 34.9 Å². The van der Waals surface area contributed by atoms with Crippen molar-refractivity contribution in [2.45, 2.75) is 31.8 Å². The molecule has 4 nitrogen and oxygen atoms in total. The number of hydrogen-bond donors (Lipinski definition) is 2. The Morgan fingerprint density at radius 1 is 1.29 bits per heavy atom. The molecule has 2 aliphatic rings. The van der Waals surface area contributed by atoms with Crippen LogP contribution in [-0.2, 0) is 11.3 Å². The first-order valence-corrected chi connectivity index (χ1v) is 7.65. The summed E-state index contributed by atoms with van der Waals surface area (Å²) in [5, 5.41) is 14.1. The zero-order chi connectivity index (χ0) is 14.4. The van der Waals surface area contributed by atoms with Crippen LogP contribution >= 0.6 is 0 Å². The number of furan rings is 1. The Hall–Kier alpha value is -1.81. The number of rotatable bonds is 4. The lowest BCUT2D eigenvalue weighted by Crippen LogP contribution is -2.43. The van der Waals surface area contributed by atoms with Gasteiger partial charge in [0.25, 0.3) is 0 Å². The molecular weight excluding hydrogens is 266 g/mol. The van der Waals surface area contributed by atoms with Crippen LogP contribution in [0.2, 0.25) is 0 Å². The number of carbonyl (C=O) groups is 1. The maximum atomic E-state index is 11.5. The van der Waals surface area contributed by atoms with E-state index < -0.39 is 5.97 Å². The molecule has 4 unspecified atom stereocenters. The molecular formula is C17H19NO3. The van der Waals surface area contributed by atoms with Gasteiger partial charge in [-0.25, -0.2) is 0 Å². The molecule has 0 aliphatic heterocycles. The van der Waals surface area contributed by atoms with Crippen molar-refractivity contribution in [3.05, 3.63) is 36.1 Å². The maximum absolute atomic E-state index is 11.5. The summed E-state index contributed by atoms with van der Waals surface area (Å²) >= 11 is 0. The van der Waals surface area contributed by atoms with Crippen molar-refractivity contribution >= 4 is 16.9 Å². The fraction of sp³-hybridized carbons (Fsp3) is 0.471. The fourth-order valence-corrected chi connectivity index (χ4v) is 4.34. The zero-order valence-corrected chi connectivity index (χ0v) is 11.8. The summed E-state index contributed by atoms with van der Waals surface area (Å²) in [4.78, 5) is 11.5. The van der Waals surface area contributed by atoms with Gasteiger partial charge in [-0.15, -0.1) is 0 Å². The number of aliphatic carboxylic acids is 1. The monoisotopic (exact) mass is 285 g/mol. The summed E-state index contributed by atoms with van der Waals surface area (Å²) in [6.07, 6.45) is 5.09. The summed E-state index contributed by atoms with van der Waals surface area (Å²) in [5.41, 5.74) is 1.99. The fourth-order valence-electron chi connectivity index (χ4n) is 4.34. The molecule has 4 heteroatoms. The molecule has 2 fully saturated rings. The molecule has 0 radical (unpaired) electrons. The van der Waals surface area contributed by atoms with Crippen molar-refractivity contribution in [2.24, 2.45) is 17.8 Å². The Kier molecular flexibility index (Phi) is 3.00. The molecule has 0 spiro atoms. The van der Waals surface area contributed by atoms with Crippen LogP contribution in [0.25, 0.3) is 11.0 Å². The van der Waals surface area contributed by atoms with Crippen molar-refractivity contribution in [1.29, 1.82) is 0 Å². The third-order valence-corrected chi connectivity index (χ3v) is 5.29. The molecule has 1 aromatic heterocycles. The first-order chi connectivity index (χ1) is 10.2. The van der Waals surface area contributed by atoms with Gasteiger partial charge in [-0.1, -0.05) is 18.2 Å². The van der Waals surface area contributed by atoms with Gasteiger partial charge in [0.1, 0.15) is 5.58 Å². The van der Waals surface area contributed by atoms with Crippen LogP contribution in [0, 0.1) is 17.8 Å². The van der Waals surface area contributed by atoms with Gasteiger partial charge in [0.05, 0.1) is 12.2 Å². The predicted octanol–water partition coefficient (Wildman–Crippen LogP) is 3.02. The van der Waals surface area contributed by atoms with E-state index in [1.54, 1.807) is 6.26 Å². The Balaban J connectivity index is 1.52. The Bertz CT molecular complexity index is 677. The highest BCUT2D eigenvalue weighted by molar-refractivity contribution is 5.80. The van der Waals surface area contributed by atoms with Crippen LogP contribution in [0.1, 0.15) is 24.8 Å². The van der Waals surface area contributed by atoms with E-state index in [0.29, 0.717) is 18.4 Å². The molecule has 110 valence electrons. The quantitative estimate of drug-likeness (QED) is 0.906. The Labute approximate surface area is 123 Å². The topological polar surface area (TPSA) is 62.5 Å². The van der Waals surface area contributed by atoms with Gasteiger partial charge < -0.3 is 14.8 Å². The SMILES string of the molecule is O=C(O)C1C2CCC(C2)C1NCc1coc2ccccc12. The van der Waals surface area contributed by atoms with E-state index in [-0.39, 0.29) is 12.0 Å². The third kappa shape index (κ3) is 2.05. The van der Waals surface area contributed by atoms with Gasteiger partial charge in [0.15, 0.2) is 0 Å². The van der Waals surface area contributed by atoms with Crippen LogP contribution in [0.3, 0.4) is 0 Å². The van der Waals surface area contributed by atoms with Gasteiger partial charge in [0.2, 0.25) is 0 Å². The largest absolute Gasteiger partial charge is 0.481 e. The first-order valence-electron chi connectivity index (χ1n) is 7.65. The molecule has 4 atom stereocenters. The van der Waals surface area contributed by atoms with Crippen molar-refractivity contribution < 1.29 is 14.3 Å². The van der Waals surface area contributed by atoms with E-state index in [9.17, 15) is 9.90 Å². The molecule has 2 bridgehead atoms. The van der Waals surface area contributed by atoms with Crippen LogP contribution < -0.4 is 5.32 Å². The Morgan fingerprint density at radius 3 is 2.95 bits per heavy atom.